The highest BCUT2D eigenvalue weighted by Crippen LogP contribution is 2.25. The summed E-state index contributed by atoms with van der Waals surface area (Å²) in [5, 5.41) is 8.45. The van der Waals surface area contributed by atoms with Gasteiger partial charge in [0.1, 0.15) is 11.8 Å². The molecule has 0 saturated carbocycles. The van der Waals surface area contributed by atoms with Gasteiger partial charge in [-0.15, -0.1) is 11.3 Å². The molecule has 2 amide bonds. The normalized spacial score (nSPS) is 13.0. The lowest BCUT2D eigenvalue weighted by Crippen LogP contribution is -2.47. The number of hydrogen-bond donors (Lipinski definition) is 2. The minimum Gasteiger partial charge on any atom is -0.481 e. The van der Waals surface area contributed by atoms with E-state index < -0.39 is 18.1 Å². The number of halogens is 2. The molecule has 0 aliphatic carbocycles. The first kappa shape index (κ1) is 20.5. The van der Waals surface area contributed by atoms with Crippen molar-refractivity contribution >= 4 is 51.5 Å². The van der Waals surface area contributed by atoms with Crippen LogP contribution in [-0.2, 0) is 9.59 Å². The van der Waals surface area contributed by atoms with Gasteiger partial charge < -0.3 is 15.4 Å². The molecule has 26 heavy (non-hydrogen) atoms. The lowest BCUT2D eigenvalue weighted by atomic mass is 10.2. The van der Waals surface area contributed by atoms with Gasteiger partial charge in [-0.1, -0.05) is 30.1 Å². The zero-order valence-corrected chi connectivity index (χ0v) is 16.8. The summed E-state index contributed by atoms with van der Waals surface area (Å²) in [6, 6.07) is 3.98. The Morgan fingerprint density at radius 3 is 2.42 bits per heavy atom. The molecule has 0 aliphatic heterocycles. The summed E-state index contributed by atoms with van der Waals surface area (Å²) in [5.41, 5.74) is 0.821. The molecule has 9 heteroatoms. The van der Waals surface area contributed by atoms with Gasteiger partial charge in [-0.05, 0) is 38.5 Å². The Kier molecular flexibility index (Phi) is 7.25. The maximum absolute atomic E-state index is 12.4. The molecule has 1 aromatic carbocycles. The van der Waals surface area contributed by atoms with E-state index in [9.17, 15) is 9.59 Å². The van der Waals surface area contributed by atoms with Crippen molar-refractivity contribution < 1.29 is 14.3 Å². The van der Waals surface area contributed by atoms with E-state index in [2.05, 4.69) is 15.6 Å². The summed E-state index contributed by atoms with van der Waals surface area (Å²) in [6.45, 7) is 5.23. The molecule has 0 saturated heterocycles. The molecule has 0 radical (unpaired) electrons. The molecular formula is C17H19Cl2N3O3S. The maximum Gasteiger partial charge on any atom is 0.261 e. The van der Waals surface area contributed by atoms with Crippen molar-refractivity contribution in [2.45, 2.75) is 39.3 Å². The molecule has 2 aromatic rings. The monoisotopic (exact) mass is 415 g/mol. The van der Waals surface area contributed by atoms with Crippen LogP contribution in [0.3, 0.4) is 0 Å². The number of nitrogens with one attached hydrogen (secondary N) is 2. The van der Waals surface area contributed by atoms with Gasteiger partial charge >= 0.3 is 0 Å². The van der Waals surface area contributed by atoms with E-state index in [4.69, 9.17) is 27.9 Å². The molecule has 140 valence electrons. The SMILES string of the molecule is CCC(Oc1cc(Cl)cc(Cl)c1)C(=O)NC(C)C(=O)Nc1nc(C)cs1. The summed E-state index contributed by atoms with van der Waals surface area (Å²) in [4.78, 5) is 28.8. The van der Waals surface area contributed by atoms with E-state index in [1.54, 1.807) is 32.0 Å². The van der Waals surface area contributed by atoms with Crippen LogP contribution >= 0.6 is 34.5 Å². The summed E-state index contributed by atoms with van der Waals surface area (Å²) in [7, 11) is 0. The Morgan fingerprint density at radius 1 is 1.23 bits per heavy atom. The Hall–Kier alpha value is -1.83. The van der Waals surface area contributed by atoms with Gasteiger partial charge in [0.15, 0.2) is 11.2 Å². The third kappa shape index (κ3) is 5.86. The van der Waals surface area contributed by atoms with Gasteiger partial charge in [0.2, 0.25) is 5.91 Å². The molecule has 2 N–H and O–H groups in total. The van der Waals surface area contributed by atoms with E-state index in [0.29, 0.717) is 27.3 Å². The number of thiazole rings is 1. The highest BCUT2D eigenvalue weighted by Gasteiger charge is 2.23. The number of carbonyl (C=O) groups is 2. The second-order valence-electron chi connectivity index (χ2n) is 5.63. The van der Waals surface area contributed by atoms with Gasteiger partial charge in [-0.2, -0.15) is 0 Å². The third-order valence-electron chi connectivity index (χ3n) is 3.38. The van der Waals surface area contributed by atoms with Crippen molar-refractivity contribution in [2.75, 3.05) is 5.32 Å². The van der Waals surface area contributed by atoms with Crippen LogP contribution in [-0.4, -0.2) is 28.9 Å². The van der Waals surface area contributed by atoms with E-state index in [1.165, 1.54) is 11.3 Å². The Morgan fingerprint density at radius 2 is 1.88 bits per heavy atom. The largest absolute Gasteiger partial charge is 0.481 e. The fourth-order valence-corrected chi connectivity index (χ4v) is 3.28. The molecule has 0 bridgehead atoms. The van der Waals surface area contributed by atoms with Gasteiger partial charge in [0.25, 0.3) is 5.91 Å². The number of amides is 2. The quantitative estimate of drug-likeness (QED) is 0.714. The average molecular weight is 416 g/mol. The number of benzene rings is 1. The number of aromatic nitrogens is 1. The lowest BCUT2D eigenvalue weighted by molar-refractivity contribution is -0.131. The number of carbonyl (C=O) groups excluding carboxylic acids is 2. The third-order valence-corrected chi connectivity index (χ3v) is 4.69. The molecular weight excluding hydrogens is 397 g/mol. The second-order valence-corrected chi connectivity index (χ2v) is 7.36. The second kappa shape index (κ2) is 9.21. The van der Waals surface area contributed by atoms with Gasteiger partial charge in [-0.3, -0.25) is 9.59 Å². The Bertz CT molecular complexity index is 777. The fraction of sp³-hybridized carbons (Fsp3) is 0.353. The molecule has 6 nitrogen and oxygen atoms in total. The highest BCUT2D eigenvalue weighted by atomic mass is 35.5. The molecule has 2 atom stereocenters. The van der Waals surface area contributed by atoms with E-state index in [-0.39, 0.29) is 5.91 Å². The molecule has 1 aromatic heterocycles. The van der Waals surface area contributed by atoms with Crippen molar-refractivity contribution in [2.24, 2.45) is 0 Å². The standard InChI is InChI=1S/C17H19Cl2N3O3S/c1-4-14(25-13-6-11(18)5-12(19)7-13)16(24)21-10(3)15(23)22-17-20-9(2)8-26-17/h5-8,10,14H,4H2,1-3H3,(H,21,24)(H,20,22,23). The van der Waals surface area contributed by atoms with Crippen molar-refractivity contribution in [3.63, 3.8) is 0 Å². The van der Waals surface area contributed by atoms with Crippen molar-refractivity contribution in [1.82, 2.24) is 10.3 Å². The molecule has 2 rings (SSSR count). The van der Waals surface area contributed by atoms with Crippen LogP contribution in [0.2, 0.25) is 10.0 Å². The Labute approximate surface area is 165 Å². The predicted molar refractivity (Wildman–Crippen MR) is 104 cm³/mol. The van der Waals surface area contributed by atoms with E-state index in [0.717, 1.165) is 5.69 Å². The maximum atomic E-state index is 12.4. The number of rotatable bonds is 7. The van der Waals surface area contributed by atoms with E-state index >= 15 is 0 Å². The van der Waals surface area contributed by atoms with Crippen LogP contribution in [0.4, 0.5) is 5.13 Å². The first-order chi connectivity index (χ1) is 12.3. The highest BCUT2D eigenvalue weighted by molar-refractivity contribution is 7.13. The predicted octanol–water partition coefficient (Wildman–Crippen LogP) is 4.06. The summed E-state index contributed by atoms with van der Waals surface area (Å²) in [5.74, 6) is -0.366. The molecule has 1 heterocycles. The first-order valence-corrected chi connectivity index (χ1v) is 9.58. The average Bonchev–Trinajstić information content (AvgIpc) is 2.96. The fourth-order valence-electron chi connectivity index (χ4n) is 2.08. The van der Waals surface area contributed by atoms with Gasteiger partial charge in [0, 0.05) is 15.4 Å². The van der Waals surface area contributed by atoms with Crippen LogP contribution in [0.1, 0.15) is 26.0 Å². The van der Waals surface area contributed by atoms with Crippen LogP contribution in [0.25, 0.3) is 0 Å². The van der Waals surface area contributed by atoms with Crippen LogP contribution < -0.4 is 15.4 Å². The number of anilines is 1. The van der Waals surface area contributed by atoms with Gasteiger partial charge in [-0.25, -0.2) is 4.98 Å². The number of ether oxygens (including phenoxy) is 1. The molecule has 0 aliphatic rings. The van der Waals surface area contributed by atoms with Crippen molar-refractivity contribution in [3.8, 4) is 5.75 Å². The van der Waals surface area contributed by atoms with Gasteiger partial charge in [0.05, 0.1) is 5.69 Å². The van der Waals surface area contributed by atoms with Crippen LogP contribution in [0.15, 0.2) is 23.6 Å². The Balaban J connectivity index is 1.95. The van der Waals surface area contributed by atoms with Crippen LogP contribution in [0.5, 0.6) is 5.75 Å². The summed E-state index contributed by atoms with van der Waals surface area (Å²) >= 11 is 13.2. The topological polar surface area (TPSA) is 80.3 Å². The summed E-state index contributed by atoms with van der Waals surface area (Å²) < 4.78 is 5.67. The summed E-state index contributed by atoms with van der Waals surface area (Å²) in [6.07, 6.45) is -0.363. The minimum absolute atomic E-state index is 0.353. The number of aryl methyl sites for hydroxylation is 1. The van der Waals surface area contributed by atoms with Crippen molar-refractivity contribution in [3.05, 3.63) is 39.3 Å². The minimum atomic E-state index is -0.776. The van der Waals surface area contributed by atoms with Crippen molar-refractivity contribution in [1.29, 1.82) is 0 Å². The molecule has 0 fully saturated rings. The zero-order valence-electron chi connectivity index (χ0n) is 14.5. The number of hydrogen-bond acceptors (Lipinski definition) is 5. The lowest BCUT2D eigenvalue weighted by Gasteiger charge is -2.20. The number of nitrogens with zero attached hydrogens (tertiary/aromatic N) is 1. The zero-order chi connectivity index (χ0) is 19.3. The smallest absolute Gasteiger partial charge is 0.261 e. The van der Waals surface area contributed by atoms with Crippen LogP contribution in [0, 0.1) is 6.92 Å². The first-order valence-electron chi connectivity index (χ1n) is 7.94. The van der Waals surface area contributed by atoms with E-state index in [1.807, 2.05) is 12.3 Å². The molecule has 2 unspecified atom stereocenters. The molecule has 0 spiro atoms.